The third-order valence-electron chi connectivity index (χ3n) is 3.94. The fraction of sp³-hybridized carbons (Fsp3) is 0.412. The summed E-state index contributed by atoms with van der Waals surface area (Å²) in [4.78, 5) is 0. The molecule has 17 heavy (non-hydrogen) atoms. The Morgan fingerprint density at radius 2 is 2.12 bits per heavy atom. The molecule has 2 rings (SSSR count). The van der Waals surface area contributed by atoms with E-state index >= 15 is 0 Å². The number of hydrogen-bond acceptors (Lipinski definition) is 0. The smallest absolute Gasteiger partial charge is 0.0155 e. The Kier molecular flexibility index (Phi) is 2.99. The molecule has 0 amide bonds. The Morgan fingerprint density at radius 3 is 2.71 bits per heavy atom. The van der Waals surface area contributed by atoms with Gasteiger partial charge in [-0.3, -0.25) is 0 Å². The molecule has 90 valence electrons. The molecule has 1 unspecified atom stereocenters. The van der Waals surface area contributed by atoms with Gasteiger partial charge in [0.15, 0.2) is 0 Å². The second kappa shape index (κ2) is 4.18. The van der Waals surface area contributed by atoms with Gasteiger partial charge in [-0.2, -0.15) is 0 Å². The molecule has 2 aliphatic carbocycles. The van der Waals surface area contributed by atoms with Crippen LogP contribution in [0.4, 0.5) is 0 Å². The van der Waals surface area contributed by atoms with Crippen LogP contribution in [0.3, 0.4) is 0 Å². The topological polar surface area (TPSA) is 0 Å². The minimum Gasteiger partial charge on any atom is -0.0984 e. The lowest BCUT2D eigenvalue weighted by Gasteiger charge is -2.26. The Bertz CT molecular complexity index is 464. The first-order valence-corrected chi connectivity index (χ1v) is 6.44. The molecule has 0 aromatic rings. The van der Waals surface area contributed by atoms with Gasteiger partial charge in [-0.25, -0.2) is 0 Å². The highest BCUT2D eigenvalue weighted by molar-refractivity contribution is 5.64. The van der Waals surface area contributed by atoms with Gasteiger partial charge in [-0.15, -0.1) is 0 Å². The van der Waals surface area contributed by atoms with Crippen molar-refractivity contribution in [3.05, 3.63) is 59.3 Å². The summed E-state index contributed by atoms with van der Waals surface area (Å²) in [5.41, 5.74) is 5.90. The zero-order valence-electron chi connectivity index (χ0n) is 11.4. The first-order valence-electron chi connectivity index (χ1n) is 6.44. The quantitative estimate of drug-likeness (QED) is 0.623. The van der Waals surface area contributed by atoms with Gasteiger partial charge in [0.1, 0.15) is 0 Å². The maximum absolute atomic E-state index is 4.01. The molecule has 0 aromatic carbocycles. The van der Waals surface area contributed by atoms with Gasteiger partial charge in [0.25, 0.3) is 0 Å². The standard InChI is InChI=1S/C17H22/c1-6-8-15-13(7-2)14-11-12(3)9-10-16(14)17(15,4)5/h6-10,12H,2,11H2,1,3-5H3/b8-6-. The van der Waals surface area contributed by atoms with E-state index in [9.17, 15) is 0 Å². The molecule has 0 heterocycles. The van der Waals surface area contributed by atoms with Crippen LogP contribution in [-0.4, -0.2) is 0 Å². The lowest BCUT2D eigenvalue weighted by molar-refractivity contribution is 0.565. The Hall–Kier alpha value is -1.30. The van der Waals surface area contributed by atoms with Gasteiger partial charge in [0.05, 0.1) is 0 Å². The molecule has 0 fully saturated rings. The van der Waals surface area contributed by atoms with E-state index < -0.39 is 0 Å². The summed E-state index contributed by atoms with van der Waals surface area (Å²) in [6, 6.07) is 0. The van der Waals surface area contributed by atoms with Gasteiger partial charge in [-0.05, 0) is 41.6 Å². The van der Waals surface area contributed by atoms with E-state index in [1.54, 1.807) is 0 Å². The van der Waals surface area contributed by atoms with E-state index in [-0.39, 0.29) is 5.41 Å². The zero-order chi connectivity index (χ0) is 12.6. The van der Waals surface area contributed by atoms with Gasteiger partial charge in [-0.1, -0.05) is 57.7 Å². The fourth-order valence-electron chi connectivity index (χ4n) is 3.04. The van der Waals surface area contributed by atoms with E-state index in [0.29, 0.717) is 5.92 Å². The summed E-state index contributed by atoms with van der Waals surface area (Å²) in [5.74, 6) is 0.643. The van der Waals surface area contributed by atoms with Crippen molar-refractivity contribution in [1.82, 2.24) is 0 Å². The van der Waals surface area contributed by atoms with Crippen molar-refractivity contribution in [2.45, 2.75) is 34.1 Å². The average molecular weight is 226 g/mol. The molecule has 0 radical (unpaired) electrons. The van der Waals surface area contributed by atoms with Crippen molar-refractivity contribution in [1.29, 1.82) is 0 Å². The summed E-state index contributed by atoms with van der Waals surface area (Å²) >= 11 is 0. The monoisotopic (exact) mass is 226 g/mol. The van der Waals surface area contributed by atoms with Crippen LogP contribution >= 0.6 is 0 Å². The summed E-state index contributed by atoms with van der Waals surface area (Å²) in [6.45, 7) is 13.0. The molecule has 0 bridgehead atoms. The van der Waals surface area contributed by atoms with Gasteiger partial charge < -0.3 is 0 Å². The van der Waals surface area contributed by atoms with E-state index in [1.807, 2.05) is 6.08 Å². The summed E-state index contributed by atoms with van der Waals surface area (Å²) in [5, 5.41) is 0. The van der Waals surface area contributed by atoms with Crippen molar-refractivity contribution >= 4 is 0 Å². The minimum absolute atomic E-state index is 0.127. The first-order chi connectivity index (χ1) is 8.02. The maximum Gasteiger partial charge on any atom is 0.0155 e. The molecule has 0 nitrogen and oxygen atoms in total. The molecule has 0 saturated carbocycles. The average Bonchev–Trinajstić information content (AvgIpc) is 2.48. The molecule has 0 N–H and O–H groups in total. The first kappa shape index (κ1) is 12.2. The molecule has 0 spiro atoms. The van der Waals surface area contributed by atoms with Crippen LogP contribution in [0.1, 0.15) is 34.1 Å². The molecule has 0 aliphatic heterocycles. The predicted molar refractivity (Wildman–Crippen MR) is 75.8 cm³/mol. The van der Waals surface area contributed by atoms with Gasteiger partial charge >= 0.3 is 0 Å². The molecule has 2 aliphatic rings. The zero-order valence-corrected chi connectivity index (χ0v) is 11.4. The summed E-state index contributed by atoms with van der Waals surface area (Å²) < 4.78 is 0. The third-order valence-corrected chi connectivity index (χ3v) is 3.94. The van der Waals surface area contributed by atoms with E-state index in [1.165, 1.54) is 22.3 Å². The Morgan fingerprint density at radius 1 is 1.41 bits per heavy atom. The van der Waals surface area contributed by atoms with Crippen LogP contribution in [0.5, 0.6) is 0 Å². The summed E-state index contributed by atoms with van der Waals surface area (Å²) in [6.07, 6.45) is 12.2. The highest BCUT2D eigenvalue weighted by Crippen LogP contribution is 2.51. The second-order valence-corrected chi connectivity index (χ2v) is 5.59. The van der Waals surface area contributed by atoms with Crippen LogP contribution < -0.4 is 0 Å². The molecule has 0 saturated heterocycles. The number of hydrogen-bond donors (Lipinski definition) is 0. The van der Waals surface area contributed by atoms with Crippen LogP contribution in [0.25, 0.3) is 0 Å². The lowest BCUT2D eigenvalue weighted by atomic mass is 9.78. The Balaban J connectivity index is 2.60. The highest BCUT2D eigenvalue weighted by Gasteiger charge is 2.37. The molecule has 0 aromatic heterocycles. The fourth-order valence-corrected chi connectivity index (χ4v) is 3.04. The SMILES string of the molecule is C=CC1=C(/C=C\C)C(C)(C)C2=C1CC(C)C=C2. The van der Waals surface area contributed by atoms with Gasteiger partial charge in [0, 0.05) is 5.41 Å². The molecule has 1 atom stereocenters. The van der Waals surface area contributed by atoms with E-state index in [2.05, 4.69) is 58.6 Å². The van der Waals surface area contributed by atoms with E-state index in [4.69, 9.17) is 0 Å². The molecule has 0 heteroatoms. The van der Waals surface area contributed by atoms with Crippen molar-refractivity contribution in [2.24, 2.45) is 11.3 Å². The van der Waals surface area contributed by atoms with Crippen LogP contribution in [0, 0.1) is 11.3 Å². The van der Waals surface area contributed by atoms with Crippen molar-refractivity contribution in [3.8, 4) is 0 Å². The third kappa shape index (κ3) is 1.76. The largest absolute Gasteiger partial charge is 0.0984 e. The lowest BCUT2D eigenvalue weighted by Crippen LogP contribution is -2.14. The van der Waals surface area contributed by atoms with Crippen molar-refractivity contribution in [3.63, 3.8) is 0 Å². The molecular weight excluding hydrogens is 204 g/mol. The van der Waals surface area contributed by atoms with Gasteiger partial charge in [0.2, 0.25) is 0 Å². The maximum atomic E-state index is 4.01. The van der Waals surface area contributed by atoms with E-state index in [0.717, 1.165) is 6.42 Å². The van der Waals surface area contributed by atoms with Crippen molar-refractivity contribution in [2.75, 3.05) is 0 Å². The summed E-state index contributed by atoms with van der Waals surface area (Å²) in [7, 11) is 0. The normalized spacial score (nSPS) is 26.9. The van der Waals surface area contributed by atoms with Crippen LogP contribution in [0.2, 0.25) is 0 Å². The van der Waals surface area contributed by atoms with Crippen LogP contribution in [-0.2, 0) is 0 Å². The predicted octanol–water partition coefficient (Wildman–Crippen LogP) is 4.98. The number of allylic oxidation sites excluding steroid dienone is 9. The van der Waals surface area contributed by atoms with Crippen LogP contribution in [0.15, 0.2) is 59.3 Å². The van der Waals surface area contributed by atoms with Crippen molar-refractivity contribution < 1.29 is 0 Å². The highest BCUT2D eigenvalue weighted by atomic mass is 14.4. The Labute approximate surface area is 105 Å². The molecular formula is C17H22. The minimum atomic E-state index is 0.127. The second-order valence-electron chi connectivity index (χ2n) is 5.59. The number of rotatable bonds is 2.